The van der Waals surface area contributed by atoms with Crippen LogP contribution in [0.15, 0.2) is 22.7 Å². The molecule has 0 spiro atoms. The van der Waals surface area contributed by atoms with Crippen LogP contribution in [0.5, 0.6) is 5.75 Å². The van der Waals surface area contributed by atoms with Gasteiger partial charge in [-0.3, -0.25) is 0 Å². The second kappa shape index (κ2) is 5.85. The molecule has 1 aromatic heterocycles. The molecule has 0 amide bonds. The van der Waals surface area contributed by atoms with E-state index in [0.29, 0.717) is 17.8 Å². The summed E-state index contributed by atoms with van der Waals surface area (Å²) in [4.78, 5) is 4.59. The van der Waals surface area contributed by atoms with E-state index < -0.39 is 0 Å². The molecule has 0 bridgehead atoms. The quantitative estimate of drug-likeness (QED) is 0.940. The number of aryl methyl sites for hydroxylation is 1. The SMILES string of the molecule is COc1ccc(-c2noc(C3CCNC(C)C3)n2)cc1C. The van der Waals surface area contributed by atoms with E-state index in [0.717, 1.165) is 42.2 Å². The van der Waals surface area contributed by atoms with Crippen molar-refractivity contribution in [3.8, 4) is 17.1 Å². The van der Waals surface area contributed by atoms with Crippen LogP contribution in [-0.4, -0.2) is 29.8 Å². The van der Waals surface area contributed by atoms with E-state index in [1.54, 1.807) is 7.11 Å². The van der Waals surface area contributed by atoms with Gasteiger partial charge in [0.2, 0.25) is 11.7 Å². The van der Waals surface area contributed by atoms with Crippen LogP contribution in [0, 0.1) is 6.92 Å². The maximum absolute atomic E-state index is 5.48. The van der Waals surface area contributed by atoms with E-state index in [-0.39, 0.29) is 0 Å². The monoisotopic (exact) mass is 287 g/mol. The molecule has 3 rings (SSSR count). The van der Waals surface area contributed by atoms with E-state index in [9.17, 15) is 0 Å². The first kappa shape index (κ1) is 14.1. The van der Waals surface area contributed by atoms with Gasteiger partial charge in [-0.05, 0) is 57.0 Å². The fourth-order valence-corrected chi connectivity index (χ4v) is 2.89. The molecule has 2 heterocycles. The molecule has 2 aromatic rings. The molecule has 21 heavy (non-hydrogen) atoms. The number of nitrogens with one attached hydrogen (secondary N) is 1. The minimum absolute atomic E-state index is 0.363. The second-order valence-electron chi connectivity index (χ2n) is 5.72. The number of nitrogens with zero attached hydrogens (tertiary/aromatic N) is 2. The maximum atomic E-state index is 5.48. The van der Waals surface area contributed by atoms with Gasteiger partial charge < -0.3 is 14.6 Å². The molecule has 1 fully saturated rings. The fraction of sp³-hybridized carbons (Fsp3) is 0.500. The fourth-order valence-electron chi connectivity index (χ4n) is 2.89. The summed E-state index contributed by atoms with van der Waals surface area (Å²) in [6.45, 7) is 5.21. The van der Waals surface area contributed by atoms with Crippen molar-refractivity contribution in [2.24, 2.45) is 0 Å². The lowest BCUT2D eigenvalue weighted by Gasteiger charge is -2.25. The third-order valence-corrected chi connectivity index (χ3v) is 4.07. The molecule has 1 aliphatic heterocycles. The van der Waals surface area contributed by atoms with Gasteiger partial charge >= 0.3 is 0 Å². The highest BCUT2D eigenvalue weighted by atomic mass is 16.5. The van der Waals surface area contributed by atoms with Gasteiger partial charge in [-0.15, -0.1) is 0 Å². The molecule has 1 N–H and O–H groups in total. The number of rotatable bonds is 3. The molecule has 112 valence electrons. The van der Waals surface area contributed by atoms with Crippen LogP contribution in [-0.2, 0) is 0 Å². The first-order valence-corrected chi connectivity index (χ1v) is 7.39. The van der Waals surface area contributed by atoms with Crippen LogP contribution in [0.4, 0.5) is 0 Å². The summed E-state index contributed by atoms with van der Waals surface area (Å²) in [7, 11) is 1.67. The Bertz CT molecular complexity index is 624. The van der Waals surface area contributed by atoms with Crippen molar-refractivity contribution in [1.29, 1.82) is 0 Å². The Morgan fingerprint density at radius 1 is 1.38 bits per heavy atom. The van der Waals surface area contributed by atoms with Crippen LogP contribution in [0.25, 0.3) is 11.4 Å². The Hall–Kier alpha value is -1.88. The number of hydrogen-bond acceptors (Lipinski definition) is 5. The smallest absolute Gasteiger partial charge is 0.230 e. The lowest BCUT2D eigenvalue weighted by Crippen LogP contribution is -2.34. The number of ether oxygens (including phenoxy) is 1. The standard InChI is InChI=1S/C16H21N3O2/c1-10-8-12(4-5-14(10)20-3)15-18-16(21-19-15)13-6-7-17-11(2)9-13/h4-5,8,11,13,17H,6-7,9H2,1-3H3. The molecule has 1 saturated heterocycles. The number of methoxy groups -OCH3 is 1. The lowest BCUT2D eigenvalue weighted by atomic mass is 9.93. The molecule has 5 heteroatoms. The van der Waals surface area contributed by atoms with Crippen LogP contribution in [0.1, 0.15) is 37.1 Å². The molecule has 1 aromatic carbocycles. The van der Waals surface area contributed by atoms with Crippen molar-refractivity contribution in [3.63, 3.8) is 0 Å². The van der Waals surface area contributed by atoms with Crippen LogP contribution >= 0.6 is 0 Å². The van der Waals surface area contributed by atoms with Crippen molar-refractivity contribution < 1.29 is 9.26 Å². The molecule has 5 nitrogen and oxygen atoms in total. The average Bonchev–Trinajstić information content (AvgIpc) is 2.97. The third kappa shape index (κ3) is 2.93. The van der Waals surface area contributed by atoms with E-state index in [1.165, 1.54) is 0 Å². The summed E-state index contributed by atoms with van der Waals surface area (Å²) in [6.07, 6.45) is 2.09. The molecule has 2 atom stereocenters. The van der Waals surface area contributed by atoms with Crippen molar-refractivity contribution in [3.05, 3.63) is 29.7 Å². The summed E-state index contributed by atoms with van der Waals surface area (Å²) in [5.41, 5.74) is 2.03. The normalized spacial score (nSPS) is 22.2. The van der Waals surface area contributed by atoms with Gasteiger partial charge in [-0.25, -0.2) is 0 Å². The Morgan fingerprint density at radius 3 is 2.95 bits per heavy atom. The Morgan fingerprint density at radius 2 is 2.24 bits per heavy atom. The molecular weight excluding hydrogens is 266 g/mol. The van der Waals surface area contributed by atoms with Gasteiger partial charge in [-0.2, -0.15) is 4.98 Å². The molecule has 0 radical (unpaired) electrons. The first-order valence-electron chi connectivity index (χ1n) is 7.39. The summed E-state index contributed by atoms with van der Waals surface area (Å²) in [5.74, 6) is 2.64. The highest BCUT2D eigenvalue weighted by molar-refractivity contribution is 5.58. The van der Waals surface area contributed by atoms with Gasteiger partial charge in [-0.1, -0.05) is 5.16 Å². The van der Waals surface area contributed by atoms with Crippen molar-refractivity contribution in [1.82, 2.24) is 15.5 Å². The van der Waals surface area contributed by atoms with Crippen molar-refractivity contribution >= 4 is 0 Å². The highest BCUT2D eigenvalue weighted by Crippen LogP contribution is 2.29. The Kier molecular flexibility index (Phi) is 3.92. The molecule has 0 saturated carbocycles. The minimum atomic E-state index is 0.363. The van der Waals surface area contributed by atoms with Gasteiger partial charge in [0.05, 0.1) is 7.11 Å². The number of aromatic nitrogens is 2. The number of hydrogen-bond donors (Lipinski definition) is 1. The largest absolute Gasteiger partial charge is 0.496 e. The zero-order valence-electron chi connectivity index (χ0n) is 12.7. The minimum Gasteiger partial charge on any atom is -0.496 e. The van der Waals surface area contributed by atoms with Crippen LogP contribution in [0.2, 0.25) is 0 Å². The van der Waals surface area contributed by atoms with Gasteiger partial charge in [0.25, 0.3) is 0 Å². The molecule has 1 aliphatic rings. The Labute approximate surface area is 124 Å². The third-order valence-electron chi connectivity index (χ3n) is 4.07. The first-order chi connectivity index (χ1) is 10.2. The van der Waals surface area contributed by atoms with E-state index in [4.69, 9.17) is 9.26 Å². The average molecular weight is 287 g/mol. The van der Waals surface area contributed by atoms with Gasteiger partial charge in [0, 0.05) is 17.5 Å². The summed E-state index contributed by atoms with van der Waals surface area (Å²) >= 11 is 0. The predicted octanol–water partition coefficient (Wildman–Crippen LogP) is 2.91. The zero-order valence-corrected chi connectivity index (χ0v) is 12.7. The van der Waals surface area contributed by atoms with Gasteiger partial charge in [0.1, 0.15) is 5.75 Å². The van der Waals surface area contributed by atoms with E-state index in [1.807, 2.05) is 25.1 Å². The van der Waals surface area contributed by atoms with Crippen molar-refractivity contribution in [2.75, 3.05) is 13.7 Å². The summed E-state index contributed by atoms with van der Waals surface area (Å²) < 4.78 is 10.8. The highest BCUT2D eigenvalue weighted by Gasteiger charge is 2.25. The topological polar surface area (TPSA) is 60.2 Å². The maximum Gasteiger partial charge on any atom is 0.230 e. The predicted molar refractivity (Wildman–Crippen MR) is 80.5 cm³/mol. The Balaban J connectivity index is 1.82. The van der Waals surface area contributed by atoms with Crippen LogP contribution < -0.4 is 10.1 Å². The molecule has 0 aliphatic carbocycles. The van der Waals surface area contributed by atoms with Gasteiger partial charge in [0.15, 0.2) is 0 Å². The molecule has 2 unspecified atom stereocenters. The number of benzene rings is 1. The summed E-state index contributed by atoms with van der Waals surface area (Å²) in [6, 6.07) is 6.43. The number of piperidine rings is 1. The van der Waals surface area contributed by atoms with Crippen molar-refractivity contribution in [2.45, 2.75) is 38.6 Å². The van der Waals surface area contributed by atoms with E-state index in [2.05, 4.69) is 22.4 Å². The van der Waals surface area contributed by atoms with E-state index >= 15 is 0 Å². The lowest BCUT2D eigenvalue weighted by molar-refractivity contribution is 0.295. The molecular formula is C16H21N3O2. The summed E-state index contributed by atoms with van der Waals surface area (Å²) in [5, 5.41) is 7.57. The second-order valence-corrected chi connectivity index (χ2v) is 5.72. The van der Waals surface area contributed by atoms with Crippen LogP contribution in [0.3, 0.4) is 0 Å². The zero-order chi connectivity index (χ0) is 14.8.